The van der Waals surface area contributed by atoms with Gasteiger partial charge in [0, 0.05) is 6.42 Å². The first kappa shape index (κ1) is 15.0. The second-order valence-electron chi connectivity index (χ2n) is 6.52. The second-order valence-corrected chi connectivity index (χ2v) is 6.52. The number of aliphatic hydroxyl groups is 1. The van der Waals surface area contributed by atoms with Crippen molar-refractivity contribution in [2.24, 2.45) is 0 Å². The highest BCUT2D eigenvalue weighted by Crippen LogP contribution is 2.35. The zero-order valence-corrected chi connectivity index (χ0v) is 12.7. The molecular weight excluding hydrogens is 266 g/mol. The third-order valence-corrected chi connectivity index (χ3v) is 4.69. The molecule has 1 aromatic carbocycles. The van der Waals surface area contributed by atoms with Gasteiger partial charge >= 0.3 is 0 Å². The molecule has 2 atom stereocenters. The Hall–Kier alpha value is -0.940. The van der Waals surface area contributed by atoms with E-state index in [1.807, 2.05) is 30.3 Å². The van der Waals surface area contributed by atoms with Gasteiger partial charge in [0.2, 0.25) is 0 Å². The minimum atomic E-state index is -0.953. The summed E-state index contributed by atoms with van der Waals surface area (Å²) < 4.78 is 12.0. The van der Waals surface area contributed by atoms with Gasteiger partial charge in [0.15, 0.2) is 0 Å². The van der Waals surface area contributed by atoms with E-state index < -0.39 is 5.60 Å². The topological polar surface area (TPSA) is 50.7 Å². The van der Waals surface area contributed by atoms with E-state index in [0.717, 1.165) is 37.9 Å². The van der Waals surface area contributed by atoms with Crippen molar-refractivity contribution in [2.45, 2.75) is 43.5 Å². The molecule has 2 heterocycles. The van der Waals surface area contributed by atoms with Crippen LogP contribution in [0.4, 0.5) is 0 Å². The van der Waals surface area contributed by atoms with Gasteiger partial charge in [0.05, 0.1) is 24.9 Å². The van der Waals surface area contributed by atoms with Gasteiger partial charge in [-0.25, -0.2) is 0 Å². The van der Waals surface area contributed by atoms with Crippen molar-refractivity contribution in [3.05, 3.63) is 35.9 Å². The summed E-state index contributed by atoms with van der Waals surface area (Å²) in [6.07, 6.45) is 3.15. The average molecular weight is 291 g/mol. The van der Waals surface area contributed by atoms with Gasteiger partial charge in [0.25, 0.3) is 0 Å². The average Bonchev–Trinajstić information content (AvgIpc) is 2.90. The van der Waals surface area contributed by atoms with Crippen LogP contribution in [0.2, 0.25) is 0 Å². The predicted molar refractivity (Wildman–Crippen MR) is 81.2 cm³/mol. The lowest BCUT2D eigenvalue weighted by Gasteiger charge is -2.33. The van der Waals surface area contributed by atoms with Crippen LogP contribution in [0.3, 0.4) is 0 Å². The Kier molecular flexibility index (Phi) is 4.31. The molecule has 0 saturated carbocycles. The summed E-state index contributed by atoms with van der Waals surface area (Å²) in [4.78, 5) is 0. The van der Waals surface area contributed by atoms with Crippen LogP contribution in [0.1, 0.15) is 31.7 Å². The van der Waals surface area contributed by atoms with E-state index in [4.69, 9.17) is 9.47 Å². The first-order valence-electron chi connectivity index (χ1n) is 7.84. The largest absolute Gasteiger partial charge is 0.383 e. The highest BCUT2D eigenvalue weighted by Gasteiger charge is 2.42. The number of nitrogens with one attached hydrogen (secondary N) is 1. The maximum Gasteiger partial charge on any atom is 0.110 e. The summed E-state index contributed by atoms with van der Waals surface area (Å²) in [5, 5.41) is 13.9. The summed E-state index contributed by atoms with van der Waals surface area (Å²) >= 11 is 0. The van der Waals surface area contributed by atoms with Crippen molar-refractivity contribution in [1.29, 1.82) is 0 Å². The summed E-state index contributed by atoms with van der Waals surface area (Å²) in [7, 11) is 0. The fourth-order valence-electron chi connectivity index (χ4n) is 3.30. The van der Waals surface area contributed by atoms with Gasteiger partial charge in [-0.3, -0.25) is 0 Å². The normalized spacial score (nSPS) is 27.6. The molecule has 4 heteroatoms. The lowest BCUT2D eigenvalue weighted by molar-refractivity contribution is -0.0683. The Bertz CT molecular complexity index is 454. The predicted octanol–water partition coefficient (Wildman–Crippen LogP) is 1.82. The third-order valence-electron chi connectivity index (χ3n) is 4.69. The van der Waals surface area contributed by atoms with Gasteiger partial charge in [-0.05, 0) is 38.4 Å². The zero-order chi connectivity index (χ0) is 14.8. The second kappa shape index (κ2) is 6.05. The lowest BCUT2D eigenvalue weighted by Crippen LogP contribution is -2.41. The number of piperidine rings is 1. The van der Waals surface area contributed by atoms with Crippen LogP contribution in [0.15, 0.2) is 30.3 Å². The number of hydrogen-bond donors (Lipinski definition) is 2. The smallest absolute Gasteiger partial charge is 0.110 e. The summed E-state index contributed by atoms with van der Waals surface area (Å²) in [5.74, 6) is 0. The molecule has 2 aliphatic rings. The van der Waals surface area contributed by atoms with Crippen molar-refractivity contribution in [2.75, 3.05) is 26.3 Å². The molecule has 2 N–H and O–H groups in total. The molecule has 0 bridgehead atoms. The molecule has 116 valence electrons. The van der Waals surface area contributed by atoms with Crippen LogP contribution in [0, 0.1) is 0 Å². The van der Waals surface area contributed by atoms with E-state index in [0.29, 0.717) is 13.2 Å². The maximum atomic E-state index is 10.6. The molecule has 0 aliphatic carbocycles. The summed E-state index contributed by atoms with van der Waals surface area (Å²) in [5.41, 5.74) is -0.0554. The van der Waals surface area contributed by atoms with Gasteiger partial charge in [0.1, 0.15) is 5.60 Å². The standard InChI is InChI=1S/C17H25NO3/c1-16(19,14-5-3-2-4-6-14)13-20-15-11-17(21-12-15)7-9-18-10-8-17/h2-6,15,18-19H,7-13H2,1H3. The molecule has 4 nitrogen and oxygen atoms in total. The van der Waals surface area contributed by atoms with Crippen molar-refractivity contribution in [3.63, 3.8) is 0 Å². The van der Waals surface area contributed by atoms with E-state index in [1.54, 1.807) is 6.92 Å². The molecule has 2 fully saturated rings. The molecule has 1 aromatic rings. The molecule has 2 aliphatic heterocycles. The third kappa shape index (κ3) is 3.46. The monoisotopic (exact) mass is 291 g/mol. The maximum absolute atomic E-state index is 10.6. The minimum absolute atomic E-state index is 0.00845. The lowest BCUT2D eigenvalue weighted by atomic mass is 9.89. The van der Waals surface area contributed by atoms with E-state index in [1.165, 1.54) is 0 Å². The van der Waals surface area contributed by atoms with Crippen molar-refractivity contribution < 1.29 is 14.6 Å². The Balaban J connectivity index is 1.54. The molecule has 0 aromatic heterocycles. The Morgan fingerprint density at radius 3 is 2.76 bits per heavy atom. The van der Waals surface area contributed by atoms with Crippen LogP contribution in [-0.2, 0) is 15.1 Å². The highest BCUT2D eigenvalue weighted by atomic mass is 16.6. The van der Waals surface area contributed by atoms with Gasteiger partial charge in [-0.2, -0.15) is 0 Å². The molecule has 2 unspecified atom stereocenters. The van der Waals surface area contributed by atoms with E-state index in [2.05, 4.69) is 5.32 Å². The number of rotatable bonds is 4. The van der Waals surface area contributed by atoms with Crippen LogP contribution >= 0.6 is 0 Å². The van der Waals surface area contributed by atoms with Crippen molar-refractivity contribution >= 4 is 0 Å². The van der Waals surface area contributed by atoms with Gasteiger partial charge < -0.3 is 19.9 Å². The fourth-order valence-corrected chi connectivity index (χ4v) is 3.30. The Morgan fingerprint density at radius 1 is 1.33 bits per heavy atom. The van der Waals surface area contributed by atoms with E-state index in [-0.39, 0.29) is 11.7 Å². The summed E-state index contributed by atoms with van der Waals surface area (Å²) in [6, 6.07) is 9.69. The first-order chi connectivity index (χ1) is 10.1. The SMILES string of the molecule is CC(O)(COC1COC2(CCNCC2)C1)c1ccccc1. The van der Waals surface area contributed by atoms with Crippen LogP contribution < -0.4 is 5.32 Å². The molecule has 0 radical (unpaired) electrons. The van der Waals surface area contributed by atoms with E-state index in [9.17, 15) is 5.11 Å². The number of ether oxygens (including phenoxy) is 2. The molecule has 1 spiro atoms. The minimum Gasteiger partial charge on any atom is -0.383 e. The molecule has 0 amide bonds. The Morgan fingerprint density at radius 2 is 2.05 bits per heavy atom. The summed E-state index contributed by atoms with van der Waals surface area (Å²) in [6.45, 7) is 4.80. The van der Waals surface area contributed by atoms with Crippen LogP contribution in [0.25, 0.3) is 0 Å². The number of hydrogen-bond acceptors (Lipinski definition) is 4. The molecule has 21 heavy (non-hydrogen) atoms. The van der Waals surface area contributed by atoms with Crippen LogP contribution in [0.5, 0.6) is 0 Å². The quantitative estimate of drug-likeness (QED) is 0.888. The Labute approximate surface area is 126 Å². The van der Waals surface area contributed by atoms with Crippen molar-refractivity contribution in [1.82, 2.24) is 5.32 Å². The van der Waals surface area contributed by atoms with Crippen LogP contribution in [-0.4, -0.2) is 43.1 Å². The fraction of sp³-hybridized carbons (Fsp3) is 0.647. The molecular formula is C17H25NO3. The first-order valence-corrected chi connectivity index (χ1v) is 7.84. The number of benzene rings is 1. The van der Waals surface area contributed by atoms with E-state index >= 15 is 0 Å². The molecule has 3 rings (SSSR count). The van der Waals surface area contributed by atoms with Gasteiger partial charge in [-0.1, -0.05) is 30.3 Å². The van der Waals surface area contributed by atoms with Gasteiger partial charge in [-0.15, -0.1) is 0 Å². The zero-order valence-electron chi connectivity index (χ0n) is 12.7. The van der Waals surface area contributed by atoms with Crippen molar-refractivity contribution in [3.8, 4) is 0 Å². The highest BCUT2D eigenvalue weighted by molar-refractivity contribution is 5.21. The molecule has 2 saturated heterocycles.